The molecule has 0 saturated heterocycles. The lowest BCUT2D eigenvalue weighted by Crippen LogP contribution is -2.29. The van der Waals surface area contributed by atoms with Crippen LogP contribution >= 0.6 is 0 Å². The van der Waals surface area contributed by atoms with Crippen LogP contribution in [0, 0.1) is 0 Å². The first-order chi connectivity index (χ1) is 11.7. The van der Waals surface area contributed by atoms with Crippen molar-refractivity contribution in [1.29, 1.82) is 0 Å². The molecule has 0 bridgehead atoms. The first kappa shape index (κ1) is 15.7. The maximum atomic E-state index is 12.3. The highest BCUT2D eigenvalue weighted by Gasteiger charge is 2.12. The molecule has 0 unspecified atom stereocenters. The molecule has 0 fully saturated rings. The van der Waals surface area contributed by atoms with Crippen LogP contribution in [0.1, 0.15) is 16.9 Å². The van der Waals surface area contributed by atoms with E-state index in [-0.39, 0.29) is 11.6 Å². The van der Waals surface area contributed by atoms with Gasteiger partial charge in [0.1, 0.15) is 5.69 Å². The van der Waals surface area contributed by atoms with Crippen molar-refractivity contribution in [3.63, 3.8) is 0 Å². The van der Waals surface area contributed by atoms with Gasteiger partial charge in [-0.25, -0.2) is 4.79 Å². The zero-order valence-electron chi connectivity index (χ0n) is 13.0. The largest absolute Gasteiger partial charge is 0.384 e. The molecular weight excluding hydrogens is 306 g/mol. The van der Waals surface area contributed by atoms with E-state index in [0.717, 1.165) is 12.1 Å². The Balaban J connectivity index is 1.57. The van der Waals surface area contributed by atoms with E-state index in [9.17, 15) is 9.59 Å². The quantitative estimate of drug-likeness (QED) is 0.598. The fourth-order valence-electron chi connectivity index (χ4n) is 2.35. The maximum absolute atomic E-state index is 12.3. The van der Waals surface area contributed by atoms with Gasteiger partial charge in [0, 0.05) is 30.9 Å². The first-order valence-corrected chi connectivity index (χ1v) is 7.65. The van der Waals surface area contributed by atoms with Crippen molar-refractivity contribution in [3.05, 3.63) is 65.0 Å². The Hall–Kier alpha value is -3.22. The molecule has 0 radical (unpaired) electrons. The molecule has 0 aliphatic carbocycles. The van der Waals surface area contributed by atoms with Gasteiger partial charge >= 0.3 is 5.69 Å². The molecular formula is C17H17N5O2. The molecule has 3 rings (SSSR count). The fourth-order valence-corrected chi connectivity index (χ4v) is 2.35. The molecule has 122 valence electrons. The second-order valence-corrected chi connectivity index (χ2v) is 5.21. The SMILES string of the molecule is O=C(NCCCNc1cccnc1)c1nc(=O)[nH]c2ccccc12. The maximum Gasteiger partial charge on any atom is 0.346 e. The summed E-state index contributed by atoms with van der Waals surface area (Å²) in [5.41, 5.74) is 1.15. The number of benzene rings is 1. The van der Waals surface area contributed by atoms with Crippen molar-refractivity contribution >= 4 is 22.5 Å². The number of para-hydroxylation sites is 1. The van der Waals surface area contributed by atoms with Gasteiger partial charge in [-0.1, -0.05) is 18.2 Å². The molecule has 7 heteroatoms. The van der Waals surface area contributed by atoms with Gasteiger partial charge in [0.25, 0.3) is 5.91 Å². The number of carbonyl (C=O) groups excluding carboxylic acids is 1. The predicted octanol–water partition coefficient (Wildman–Crippen LogP) is 1.55. The van der Waals surface area contributed by atoms with Crippen LogP contribution in [0.4, 0.5) is 5.69 Å². The molecule has 3 N–H and O–H groups in total. The van der Waals surface area contributed by atoms with E-state index in [2.05, 4.69) is 25.6 Å². The van der Waals surface area contributed by atoms with E-state index in [4.69, 9.17) is 0 Å². The van der Waals surface area contributed by atoms with Crippen LogP contribution in [-0.2, 0) is 0 Å². The van der Waals surface area contributed by atoms with Crippen molar-refractivity contribution in [2.24, 2.45) is 0 Å². The van der Waals surface area contributed by atoms with Gasteiger partial charge in [-0.15, -0.1) is 0 Å². The van der Waals surface area contributed by atoms with Crippen molar-refractivity contribution in [2.75, 3.05) is 18.4 Å². The first-order valence-electron chi connectivity index (χ1n) is 7.65. The van der Waals surface area contributed by atoms with Gasteiger partial charge in [-0.2, -0.15) is 4.98 Å². The number of nitrogens with zero attached hydrogens (tertiary/aromatic N) is 2. The number of anilines is 1. The smallest absolute Gasteiger partial charge is 0.346 e. The molecule has 1 amide bonds. The lowest BCUT2D eigenvalue weighted by atomic mass is 10.2. The molecule has 0 saturated carbocycles. The van der Waals surface area contributed by atoms with Gasteiger partial charge in [-0.3, -0.25) is 9.78 Å². The number of pyridine rings is 1. The molecule has 0 atom stereocenters. The molecule has 3 aromatic rings. The second-order valence-electron chi connectivity index (χ2n) is 5.21. The van der Waals surface area contributed by atoms with Crippen LogP contribution in [0.15, 0.2) is 53.6 Å². The number of fused-ring (bicyclic) bond motifs is 1. The lowest BCUT2D eigenvalue weighted by molar-refractivity contribution is 0.0950. The molecule has 0 aliphatic rings. The number of carbonyl (C=O) groups is 1. The summed E-state index contributed by atoms with van der Waals surface area (Å²) < 4.78 is 0. The average molecular weight is 323 g/mol. The average Bonchev–Trinajstić information content (AvgIpc) is 2.61. The molecule has 7 nitrogen and oxygen atoms in total. The molecule has 24 heavy (non-hydrogen) atoms. The minimum Gasteiger partial charge on any atom is -0.384 e. The van der Waals surface area contributed by atoms with Crippen molar-refractivity contribution in [3.8, 4) is 0 Å². The van der Waals surface area contributed by atoms with Gasteiger partial charge in [0.15, 0.2) is 0 Å². The predicted molar refractivity (Wildman–Crippen MR) is 92.0 cm³/mol. The van der Waals surface area contributed by atoms with E-state index in [1.807, 2.05) is 12.1 Å². The van der Waals surface area contributed by atoms with Crippen molar-refractivity contribution in [2.45, 2.75) is 6.42 Å². The summed E-state index contributed by atoms with van der Waals surface area (Å²) in [6, 6.07) is 10.9. The second kappa shape index (κ2) is 7.36. The van der Waals surface area contributed by atoms with Crippen molar-refractivity contribution < 1.29 is 4.79 Å². The Bertz CT molecular complexity index is 892. The van der Waals surface area contributed by atoms with E-state index < -0.39 is 5.69 Å². The van der Waals surface area contributed by atoms with E-state index >= 15 is 0 Å². The van der Waals surface area contributed by atoms with E-state index in [1.54, 1.807) is 36.7 Å². The molecule has 2 aromatic heterocycles. The molecule has 0 spiro atoms. The van der Waals surface area contributed by atoms with E-state index in [1.165, 1.54) is 0 Å². The summed E-state index contributed by atoms with van der Waals surface area (Å²) in [5, 5.41) is 6.64. The number of hydrogen-bond donors (Lipinski definition) is 3. The third-order valence-corrected chi connectivity index (χ3v) is 3.48. The Morgan fingerprint density at radius 2 is 2.00 bits per heavy atom. The Morgan fingerprint density at radius 1 is 1.12 bits per heavy atom. The third kappa shape index (κ3) is 3.75. The highest BCUT2D eigenvalue weighted by molar-refractivity contribution is 6.04. The van der Waals surface area contributed by atoms with Gasteiger partial charge in [-0.05, 0) is 24.6 Å². The van der Waals surface area contributed by atoms with E-state index in [0.29, 0.717) is 24.0 Å². The number of rotatable bonds is 6. The lowest BCUT2D eigenvalue weighted by Gasteiger charge is -2.08. The van der Waals surface area contributed by atoms with Crippen LogP contribution in [0.5, 0.6) is 0 Å². The minimum atomic E-state index is -0.530. The highest BCUT2D eigenvalue weighted by atomic mass is 16.2. The summed E-state index contributed by atoms with van der Waals surface area (Å²) in [5.74, 6) is -0.348. The summed E-state index contributed by atoms with van der Waals surface area (Å²) in [6.45, 7) is 1.18. The fraction of sp³-hybridized carbons (Fsp3) is 0.176. The summed E-state index contributed by atoms with van der Waals surface area (Å²) in [6.07, 6.45) is 4.19. The summed E-state index contributed by atoms with van der Waals surface area (Å²) >= 11 is 0. The van der Waals surface area contributed by atoms with Crippen LogP contribution in [0.2, 0.25) is 0 Å². The molecule has 2 heterocycles. The number of hydrogen-bond acceptors (Lipinski definition) is 5. The van der Waals surface area contributed by atoms with Crippen molar-refractivity contribution in [1.82, 2.24) is 20.3 Å². The zero-order valence-corrected chi connectivity index (χ0v) is 13.0. The number of nitrogens with one attached hydrogen (secondary N) is 3. The third-order valence-electron chi connectivity index (χ3n) is 3.48. The van der Waals surface area contributed by atoms with Crippen LogP contribution < -0.4 is 16.3 Å². The normalized spacial score (nSPS) is 10.5. The topological polar surface area (TPSA) is 99.8 Å². The Morgan fingerprint density at radius 3 is 2.83 bits per heavy atom. The van der Waals surface area contributed by atoms with Crippen LogP contribution in [0.3, 0.4) is 0 Å². The van der Waals surface area contributed by atoms with Gasteiger partial charge < -0.3 is 15.6 Å². The van der Waals surface area contributed by atoms with Crippen LogP contribution in [0.25, 0.3) is 10.9 Å². The van der Waals surface area contributed by atoms with Crippen LogP contribution in [-0.4, -0.2) is 33.9 Å². The zero-order chi connectivity index (χ0) is 16.8. The molecule has 1 aromatic carbocycles. The molecule has 0 aliphatic heterocycles. The number of amides is 1. The standard InChI is InChI=1S/C17H17N5O2/c23-16(20-10-4-9-19-12-5-3-8-18-11-12)15-13-6-1-2-7-14(13)21-17(24)22-15/h1-3,5-8,11,19H,4,9-10H2,(H,20,23)(H,21,22,24). The minimum absolute atomic E-state index is 0.148. The van der Waals surface area contributed by atoms with Gasteiger partial charge in [0.2, 0.25) is 0 Å². The van der Waals surface area contributed by atoms with Gasteiger partial charge in [0.05, 0.1) is 11.2 Å². The Labute approximate surface area is 138 Å². The summed E-state index contributed by atoms with van der Waals surface area (Å²) in [4.78, 5) is 34.3. The number of aromatic nitrogens is 3. The number of aromatic amines is 1. The highest BCUT2D eigenvalue weighted by Crippen LogP contribution is 2.12. The number of H-pyrrole nitrogens is 1. The Kier molecular flexibility index (Phi) is 4.81. The summed E-state index contributed by atoms with van der Waals surface area (Å²) in [7, 11) is 0. The monoisotopic (exact) mass is 323 g/mol.